The summed E-state index contributed by atoms with van der Waals surface area (Å²) in [5.41, 5.74) is 4.75. The Kier molecular flexibility index (Phi) is 5.21. The number of anilines is 1. The average molecular weight is 344 g/mol. The van der Waals surface area contributed by atoms with Gasteiger partial charge in [-0.05, 0) is 13.8 Å². The van der Waals surface area contributed by atoms with Gasteiger partial charge in [0, 0.05) is 0 Å². The molecule has 4 atom stereocenters. The first-order valence-electron chi connectivity index (χ1n) is 7.57. The molecule has 0 bridgehead atoms. The Morgan fingerprint density at radius 1 is 1.52 bits per heavy atom. The van der Waals surface area contributed by atoms with Crippen LogP contribution in [-0.4, -0.2) is 64.6 Å². The third-order valence-electron chi connectivity index (χ3n) is 3.99. The maximum atomic E-state index is 12.2. The molecule has 9 nitrogen and oxygen atoms in total. The van der Waals surface area contributed by atoms with E-state index >= 15 is 0 Å². The van der Waals surface area contributed by atoms with Gasteiger partial charge in [-0.1, -0.05) is 13.1 Å². The van der Waals surface area contributed by atoms with E-state index in [9.17, 15) is 15.0 Å². The number of ether oxygens (including phenoxy) is 2. The highest BCUT2D eigenvalue weighted by Gasteiger charge is 2.58. The first-order valence-corrected chi connectivity index (χ1v) is 10.5. The molecule has 0 spiro atoms. The second-order valence-electron chi connectivity index (χ2n) is 6.25. The van der Waals surface area contributed by atoms with E-state index in [0.29, 0.717) is 0 Å². The third kappa shape index (κ3) is 3.17. The lowest BCUT2D eigenvalue weighted by atomic mass is 10.1. The molecule has 0 amide bonds. The number of hydrogen-bond acceptors (Lipinski definition) is 8. The SMILES string of the molecule is CC(C)OC[C@H]1O[C@](n2cnc(N)nc2=O)([SiH](C)C)[C@H](O)[C@@H]1O. The zero-order chi connectivity index (χ0) is 17.4. The van der Waals surface area contributed by atoms with Crippen molar-refractivity contribution in [2.75, 3.05) is 12.3 Å². The summed E-state index contributed by atoms with van der Waals surface area (Å²) in [6, 6.07) is 0. The summed E-state index contributed by atoms with van der Waals surface area (Å²) in [7, 11) is -1.86. The fourth-order valence-corrected chi connectivity index (χ4v) is 4.85. The summed E-state index contributed by atoms with van der Waals surface area (Å²) in [4.78, 5) is 19.6. The van der Waals surface area contributed by atoms with E-state index in [-0.39, 0.29) is 18.7 Å². The topological polar surface area (TPSA) is 133 Å². The van der Waals surface area contributed by atoms with Crippen LogP contribution in [0.15, 0.2) is 11.1 Å². The van der Waals surface area contributed by atoms with Gasteiger partial charge in [0.05, 0.1) is 21.5 Å². The maximum absolute atomic E-state index is 12.2. The number of rotatable bonds is 5. The third-order valence-corrected chi connectivity index (χ3v) is 6.40. The van der Waals surface area contributed by atoms with Crippen LogP contribution in [0, 0.1) is 0 Å². The van der Waals surface area contributed by atoms with Crippen molar-refractivity contribution < 1.29 is 19.7 Å². The van der Waals surface area contributed by atoms with Crippen LogP contribution < -0.4 is 11.4 Å². The molecule has 130 valence electrons. The van der Waals surface area contributed by atoms with Crippen LogP contribution in [-0.2, 0) is 14.8 Å². The molecule has 1 aliphatic rings. The van der Waals surface area contributed by atoms with Gasteiger partial charge in [-0.3, -0.25) is 4.57 Å². The smallest absolute Gasteiger partial charge is 0.354 e. The van der Waals surface area contributed by atoms with E-state index < -0.39 is 38.1 Å². The Balaban J connectivity index is 2.43. The lowest BCUT2D eigenvalue weighted by Gasteiger charge is -2.36. The normalized spacial score (nSPS) is 31.2. The minimum atomic E-state index is -1.86. The number of nitrogens with zero attached hydrogens (tertiary/aromatic N) is 3. The van der Waals surface area contributed by atoms with Crippen molar-refractivity contribution in [1.82, 2.24) is 14.5 Å². The molecule has 1 aliphatic heterocycles. The van der Waals surface area contributed by atoms with Gasteiger partial charge in [0.1, 0.15) is 24.6 Å². The highest BCUT2D eigenvalue weighted by atomic mass is 28.3. The molecule has 1 saturated heterocycles. The van der Waals surface area contributed by atoms with Gasteiger partial charge in [-0.15, -0.1) is 0 Å². The van der Waals surface area contributed by atoms with Gasteiger partial charge in [0.15, 0.2) is 5.35 Å². The average Bonchev–Trinajstić information content (AvgIpc) is 2.71. The van der Waals surface area contributed by atoms with E-state index in [2.05, 4.69) is 9.97 Å². The fraction of sp³-hybridized carbons (Fsp3) is 0.769. The van der Waals surface area contributed by atoms with Crippen LogP contribution in [0.3, 0.4) is 0 Å². The van der Waals surface area contributed by atoms with Crippen LogP contribution in [0.2, 0.25) is 13.1 Å². The van der Waals surface area contributed by atoms with Gasteiger partial charge in [-0.25, -0.2) is 9.78 Å². The molecule has 1 aromatic heterocycles. The Morgan fingerprint density at radius 3 is 2.70 bits per heavy atom. The lowest BCUT2D eigenvalue weighted by molar-refractivity contribution is -0.107. The predicted molar refractivity (Wildman–Crippen MR) is 85.5 cm³/mol. The van der Waals surface area contributed by atoms with Crippen molar-refractivity contribution in [2.24, 2.45) is 0 Å². The van der Waals surface area contributed by atoms with Gasteiger partial charge in [0.25, 0.3) is 0 Å². The highest BCUT2D eigenvalue weighted by Crippen LogP contribution is 2.37. The zero-order valence-electron chi connectivity index (χ0n) is 13.7. The van der Waals surface area contributed by atoms with Crippen LogP contribution in [0.4, 0.5) is 5.95 Å². The number of hydrogen-bond donors (Lipinski definition) is 3. The molecule has 23 heavy (non-hydrogen) atoms. The van der Waals surface area contributed by atoms with Crippen LogP contribution >= 0.6 is 0 Å². The van der Waals surface area contributed by atoms with E-state index in [1.165, 1.54) is 6.33 Å². The minimum absolute atomic E-state index is 0.0446. The largest absolute Gasteiger partial charge is 0.387 e. The van der Waals surface area contributed by atoms with Crippen LogP contribution in [0.5, 0.6) is 0 Å². The molecule has 0 saturated carbocycles. The fourth-order valence-electron chi connectivity index (χ4n) is 2.79. The summed E-state index contributed by atoms with van der Waals surface area (Å²) < 4.78 is 12.6. The summed E-state index contributed by atoms with van der Waals surface area (Å²) in [6.07, 6.45) is -2.03. The summed E-state index contributed by atoms with van der Waals surface area (Å²) >= 11 is 0. The molecule has 0 aliphatic carbocycles. The summed E-state index contributed by atoms with van der Waals surface area (Å²) in [6.45, 7) is 7.65. The van der Waals surface area contributed by atoms with Gasteiger partial charge >= 0.3 is 5.69 Å². The molecule has 2 rings (SSSR count). The molecule has 0 unspecified atom stereocenters. The quantitative estimate of drug-likeness (QED) is 0.547. The lowest BCUT2D eigenvalue weighted by Crippen LogP contribution is -2.58. The van der Waals surface area contributed by atoms with Gasteiger partial charge < -0.3 is 25.4 Å². The molecule has 2 heterocycles. The summed E-state index contributed by atoms with van der Waals surface area (Å²) in [5, 5.41) is 19.6. The molecular weight excluding hydrogens is 320 g/mol. The Morgan fingerprint density at radius 2 is 2.17 bits per heavy atom. The Labute approximate surface area is 135 Å². The number of aromatic nitrogens is 3. The first-order chi connectivity index (χ1) is 10.7. The van der Waals surface area contributed by atoms with Gasteiger partial charge in [-0.2, -0.15) is 4.98 Å². The van der Waals surface area contributed by atoms with E-state index in [1.54, 1.807) is 0 Å². The van der Waals surface area contributed by atoms with Crippen molar-refractivity contribution >= 4 is 14.7 Å². The monoisotopic (exact) mass is 344 g/mol. The van der Waals surface area contributed by atoms with E-state index in [0.717, 1.165) is 4.57 Å². The molecule has 10 heteroatoms. The molecule has 0 radical (unpaired) electrons. The number of nitrogen functional groups attached to an aromatic ring is 1. The maximum Gasteiger partial charge on any atom is 0.354 e. The van der Waals surface area contributed by atoms with Crippen molar-refractivity contribution in [3.63, 3.8) is 0 Å². The Hall–Kier alpha value is -1.33. The first kappa shape index (κ1) is 18.0. The predicted octanol–water partition coefficient (Wildman–Crippen LogP) is -1.56. The number of aliphatic hydroxyl groups is 2. The molecular formula is C13H24N4O5Si. The molecule has 1 aromatic rings. The number of aliphatic hydroxyl groups excluding tert-OH is 2. The standard InChI is InChI=1S/C13H24N4O5Si/c1-7(2)21-5-8-9(18)10(19)13(22-8,23(3)4)17-6-15-11(14)16-12(17)20/h6-10,18-19,23H,5H2,1-4H3,(H2,14,16,20)/t8-,9-,10-,13+/m1/s1. The second kappa shape index (κ2) is 6.65. The van der Waals surface area contributed by atoms with Crippen molar-refractivity contribution in [3.8, 4) is 0 Å². The van der Waals surface area contributed by atoms with E-state index in [4.69, 9.17) is 15.2 Å². The number of nitrogens with two attached hydrogens (primary N) is 1. The van der Waals surface area contributed by atoms with Crippen molar-refractivity contribution in [2.45, 2.75) is 56.7 Å². The highest BCUT2D eigenvalue weighted by molar-refractivity contribution is 6.58. The van der Waals surface area contributed by atoms with Crippen LogP contribution in [0.25, 0.3) is 0 Å². The Bertz CT molecular complexity index is 610. The molecule has 4 N–H and O–H groups in total. The zero-order valence-corrected chi connectivity index (χ0v) is 14.9. The van der Waals surface area contributed by atoms with E-state index in [1.807, 2.05) is 26.9 Å². The van der Waals surface area contributed by atoms with Crippen molar-refractivity contribution in [1.29, 1.82) is 0 Å². The minimum Gasteiger partial charge on any atom is -0.387 e. The second-order valence-corrected chi connectivity index (χ2v) is 9.38. The van der Waals surface area contributed by atoms with Crippen LogP contribution in [0.1, 0.15) is 13.8 Å². The summed E-state index contributed by atoms with van der Waals surface area (Å²) in [5.74, 6) is -0.153. The molecule has 1 fully saturated rings. The molecule has 0 aromatic carbocycles. The van der Waals surface area contributed by atoms with Gasteiger partial charge in [0.2, 0.25) is 5.95 Å². The van der Waals surface area contributed by atoms with Crippen molar-refractivity contribution in [3.05, 3.63) is 16.8 Å².